The number of hydrogen-bond donors (Lipinski definition) is 1. The average molecular weight is 341 g/mol. The van der Waals surface area contributed by atoms with Crippen LogP contribution in [-0.2, 0) is 11.3 Å². The summed E-state index contributed by atoms with van der Waals surface area (Å²) in [6.45, 7) is 1.12. The van der Waals surface area contributed by atoms with Crippen LogP contribution < -0.4 is 4.74 Å². The summed E-state index contributed by atoms with van der Waals surface area (Å²) >= 11 is 0. The normalized spacial score (nSPS) is 16.5. The molecule has 1 heterocycles. The van der Waals surface area contributed by atoms with Gasteiger partial charge in [0.1, 0.15) is 24.0 Å². The number of para-hydroxylation sites is 1. The van der Waals surface area contributed by atoms with Crippen LogP contribution in [0.5, 0.6) is 5.75 Å². The molecule has 1 aliphatic rings. The second kappa shape index (κ2) is 7.70. The average Bonchev–Trinajstić information content (AvgIpc) is 3.09. The minimum absolute atomic E-state index is 0.118. The van der Waals surface area contributed by atoms with E-state index in [4.69, 9.17) is 9.47 Å². The third-order valence-electron chi connectivity index (χ3n) is 4.02. The molecule has 3 rings (SSSR count). The maximum absolute atomic E-state index is 12.1. The van der Waals surface area contributed by atoms with E-state index in [2.05, 4.69) is 0 Å². The van der Waals surface area contributed by atoms with Crippen molar-refractivity contribution in [2.24, 2.45) is 0 Å². The third-order valence-corrected chi connectivity index (χ3v) is 4.02. The SMILES string of the molecule is O=C(O)c1ccccc1OC1CCN(C(=O)OCc2ccccc2)C1. The Labute approximate surface area is 145 Å². The van der Waals surface area contributed by atoms with Crippen LogP contribution in [0.3, 0.4) is 0 Å². The van der Waals surface area contributed by atoms with Gasteiger partial charge in [-0.25, -0.2) is 9.59 Å². The van der Waals surface area contributed by atoms with Gasteiger partial charge in [-0.15, -0.1) is 0 Å². The van der Waals surface area contributed by atoms with Crippen molar-refractivity contribution in [1.82, 2.24) is 4.90 Å². The predicted octanol–water partition coefficient (Wildman–Crippen LogP) is 3.17. The molecule has 1 fully saturated rings. The quantitative estimate of drug-likeness (QED) is 0.904. The van der Waals surface area contributed by atoms with Crippen molar-refractivity contribution in [3.63, 3.8) is 0 Å². The smallest absolute Gasteiger partial charge is 0.410 e. The monoisotopic (exact) mass is 341 g/mol. The highest BCUT2D eigenvalue weighted by molar-refractivity contribution is 5.90. The van der Waals surface area contributed by atoms with Crippen molar-refractivity contribution in [3.8, 4) is 5.75 Å². The van der Waals surface area contributed by atoms with Gasteiger partial charge in [-0.1, -0.05) is 42.5 Å². The minimum Gasteiger partial charge on any atom is -0.488 e. The number of carboxylic acid groups (broad SMARTS) is 1. The number of carbonyl (C=O) groups excluding carboxylic acids is 1. The minimum atomic E-state index is -1.03. The Hall–Kier alpha value is -3.02. The second-order valence-electron chi connectivity index (χ2n) is 5.82. The van der Waals surface area contributed by atoms with Crippen molar-refractivity contribution < 1.29 is 24.2 Å². The number of benzene rings is 2. The highest BCUT2D eigenvalue weighted by atomic mass is 16.6. The van der Waals surface area contributed by atoms with Gasteiger partial charge in [0.15, 0.2) is 0 Å². The van der Waals surface area contributed by atoms with E-state index in [1.165, 1.54) is 6.07 Å². The zero-order valence-corrected chi connectivity index (χ0v) is 13.6. The number of amides is 1. The lowest BCUT2D eigenvalue weighted by Gasteiger charge is -2.18. The molecule has 1 saturated heterocycles. The van der Waals surface area contributed by atoms with Crippen LogP contribution in [0, 0.1) is 0 Å². The predicted molar refractivity (Wildman–Crippen MR) is 90.6 cm³/mol. The van der Waals surface area contributed by atoms with Crippen LogP contribution in [-0.4, -0.2) is 41.3 Å². The molecule has 0 aliphatic carbocycles. The van der Waals surface area contributed by atoms with E-state index >= 15 is 0 Å². The van der Waals surface area contributed by atoms with Crippen LogP contribution in [0.25, 0.3) is 0 Å². The number of carbonyl (C=O) groups is 2. The molecule has 25 heavy (non-hydrogen) atoms. The summed E-state index contributed by atoms with van der Waals surface area (Å²) in [7, 11) is 0. The second-order valence-corrected chi connectivity index (χ2v) is 5.82. The van der Waals surface area contributed by atoms with Crippen LogP contribution in [0.4, 0.5) is 4.79 Å². The van der Waals surface area contributed by atoms with Gasteiger partial charge in [-0.3, -0.25) is 0 Å². The molecule has 130 valence electrons. The molecule has 1 amide bonds. The number of aromatic carboxylic acids is 1. The van der Waals surface area contributed by atoms with Crippen molar-refractivity contribution in [2.45, 2.75) is 19.1 Å². The number of likely N-dealkylation sites (tertiary alicyclic amines) is 1. The maximum Gasteiger partial charge on any atom is 0.410 e. The van der Waals surface area contributed by atoms with Crippen LogP contribution in [0.15, 0.2) is 54.6 Å². The molecule has 1 N–H and O–H groups in total. The van der Waals surface area contributed by atoms with Crippen molar-refractivity contribution in [1.29, 1.82) is 0 Å². The summed E-state index contributed by atoms with van der Waals surface area (Å²) in [4.78, 5) is 24.9. The van der Waals surface area contributed by atoms with Crippen LogP contribution >= 0.6 is 0 Å². The van der Waals surface area contributed by atoms with E-state index in [0.717, 1.165) is 5.56 Å². The summed E-state index contributed by atoms with van der Waals surface area (Å²) in [6.07, 6.45) is 0.000220. The topological polar surface area (TPSA) is 76.1 Å². The van der Waals surface area contributed by atoms with E-state index in [0.29, 0.717) is 25.3 Å². The fourth-order valence-corrected chi connectivity index (χ4v) is 2.73. The first-order valence-electron chi connectivity index (χ1n) is 8.08. The maximum atomic E-state index is 12.1. The molecule has 6 heteroatoms. The van der Waals surface area contributed by atoms with E-state index in [1.54, 1.807) is 23.1 Å². The summed E-state index contributed by atoms with van der Waals surface area (Å²) in [5.41, 5.74) is 1.05. The lowest BCUT2D eigenvalue weighted by molar-refractivity contribution is 0.0687. The fourth-order valence-electron chi connectivity index (χ4n) is 2.73. The largest absolute Gasteiger partial charge is 0.488 e. The van der Waals surface area contributed by atoms with E-state index in [9.17, 15) is 14.7 Å². The highest BCUT2D eigenvalue weighted by Crippen LogP contribution is 2.23. The number of rotatable bonds is 5. The van der Waals surface area contributed by atoms with Crippen LogP contribution in [0.2, 0.25) is 0 Å². The molecule has 0 saturated carbocycles. The van der Waals surface area contributed by atoms with Gasteiger partial charge in [-0.2, -0.15) is 0 Å². The lowest BCUT2D eigenvalue weighted by atomic mass is 10.2. The number of carboxylic acids is 1. The summed E-state index contributed by atoms with van der Waals surface area (Å²) in [5, 5.41) is 9.19. The van der Waals surface area contributed by atoms with Crippen molar-refractivity contribution in [2.75, 3.05) is 13.1 Å². The molecule has 0 aromatic heterocycles. The van der Waals surface area contributed by atoms with Crippen molar-refractivity contribution >= 4 is 12.1 Å². The molecule has 1 unspecified atom stereocenters. The molecule has 6 nitrogen and oxygen atoms in total. The summed E-state index contributed by atoms with van der Waals surface area (Å²) in [6, 6.07) is 16.0. The van der Waals surface area contributed by atoms with Crippen LogP contribution in [0.1, 0.15) is 22.3 Å². The molecule has 2 aromatic carbocycles. The zero-order valence-electron chi connectivity index (χ0n) is 13.6. The van der Waals surface area contributed by atoms with E-state index in [-0.39, 0.29) is 24.4 Å². The Kier molecular flexibility index (Phi) is 5.18. The molecule has 0 bridgehead atoms. The number of ether oxygens (including phenoxy) is 2. The first-order valence-corrected chi connectivity index (χ1v) is 8.08. The number of nitrogens with zero attached hydrogens (tertiary/aromatic N) is 1. The molecule has 2 aromatic rings. The highest BCUT2D eigenvalue weighted by Gasteiger charge is 2.29. The Balaban J connectivity index is 1.53. The van der Waals surface area contributed by atoms with Gasteiger partial charge < -0.3 is 19.5 Å². The molecule has 1 atom stereocenters. The molecular weight excluding hydrogens is 322 g/mol. The van der Waals surface area contributed by atoms with Gasteiger partial charge in [0, 0.05) is 13.0 Å². The van der Waals surface area contributed by atoms with Crippen molar-refractivity contribution in [3.05, 3.63) is 65.7 Å². The Morgan fingerprint density at radius 3 is 2.56 bits per heavy atom. The van der Waals surface area contributed by atoms with Gasteiger partial charge in [0.05, 0.1) is 6.54 Å². The van der Waals surface area contributed by atoms with E-state index in [1.807, 2.05) is 30.3 Å². The summed E-state index contributed by atoms with van der Waals surface area (Å²) < 4.78 is 11.1. The lowest BCUT2D eigenvalue weighted by Crippen LogP contribution is -2.31. The third kappa shape index (κ3) is 4.29. The molecule has 0 spiro atoms. The van der Waals surface area contributed by atoms with Gasteiger partial charge in [-0.05, 0) is 17.7 Å². The van der Waals surface area contributed by atoms with Gasteiger partial charge >= 0.3 is 12.1 Å². The van der Waals surface area contributed by atoms with Gasteiger partial charge in [0.25, 0.3) is 0 Å². The fraction of sp³-hybridized carbons (Fsp3) is 0.263. The van der Waals surface area contributed by atoms with Gasteiger partial charge in [0.2, 0.25) is 0 Å². The molecule has 1 aliphatic heterocycles. The first kappa shape index (κ1) is 16.8. The Morgan fingerprint density at radius 1 is 1.08 bits per heavy atom. The first-order chi connectivity index (χ1) is 12.1. The Morgan fingerprint density at radius 2 is 1.80 bits per heavy atom. The molecular formula is C19H19NO5. The van der Waals surface area contributed by atoms with E-state index < -0.39 is 5.97 Å². The zero-order chi connectivity index (χ0) is 17.6. The number of hydrogen-bond acceptors (Lipinski definition) is 4. The molecule has 0 radical (unpaired) electrons. The summed E-state index contributed by atoms with van der Waals surface area (Å²) in [5.74, 6) is -0.716. The Bertz CT molecular complexity index is 746. The standard InChI is InChI=1S/C19H19NO5/c21-18(22)16-8-4-5-9-17(16)25-15-10-11-20(12-15)19(23)24-13-14-6-2-1-3-7-14/h1-9,15H,10-13H2,(H,21,22).